The Morgan fingerprint density at radius 1 is 1.55 bits per heavy atom. The molecule has 0 spiro atoms. The molecule has 1 aromatic rings. The van der Waals surface area contributed by atoms with Crippen LogP contribution in [0.2, 0.25) is 0 Å². The SMILES string of the molecule is Cc1cc([O-])ccc1C(=O)O. The summed E-state index contributed by atoms with van der Waals surface area (Å²) >= 11 is 0. The van der Waals surface area contributed by atoms with E-state index in [2.05, 4.69) is 0 Å². The van der Waals surface area contributed by atoms with Gasteiger partial charge in [0.05, 0.1) is 5.56 Å². The van der Waals surface area contributed by atoms with Gasteiger partial charge in [0.15, 0.2) is 0 Å². The van der Waals surface area contributed by atoms with E-state index in [4.69, 9.17) is 5.11 Å². The number of carboxylic acids is 1. The van der Waals surface area contributed by atoms with E-state index in [0.29, 0.717) is 5.56 Å². The molecule has 0 saturated carbocycles. The van der Waals surface area contributed by atoms with Crippen molar-refractivity contribution < 1.29 is 15.0 Å². The van der Waals surface area contributed by atoms with Gasteiger partial charge in [-0.05, 0) is 18.6 Å². The summed E-state index contributed by atoms with van der Waals surface area (Å²) in [5, 5.41) is 19.2. The average molecular weight is 151 g/mol. The van der Waals surface area contributed by atoms with E-state index in [1.807, 2.05) is 0 Å². The summed E-state index contributed by atoms with van der Waals surface area (Å²) < 4.78 is 0. The molecule has 1 aromatic carbocycles. The number of hydrogen-bond donors (Lipinski definition) is 1. The molecule has 0 unspecified atom stereocenters. The van der Waals surface area contributed by atoms with Gasteiger partial charge in [0.1, 0.15) is 0 Å². The lowest BCUT2D eigenvalue weighted by molar-refractivity contribution is -0.268. The lowest BCUT2D eigenvalue weighted by atomic mass is 10.1. The zero-order valence-electron chi connectivity index (χ0n) is 6.00. The first-order valence-corrected chi connectivity index (χ1v) is 3.12. The van der Waals surface area contributed by atoms with Gasteiger partial charge in [0, 0.05) is 0 Å². The fourth-order valence-corrected chi connectivity index (χ4v) is 0.876. The van der Waals surface area contributed by atoms with E-state index in [0.717, 1.165) is 0 Å². The second-order valence-electron chi connectivity index (χ2n) is 2.28. The molecule has 11 heavy (non-hydrogen) atoms. The molecule has 1 N–H and O–H groups in total. The summed E-state index contributed by atoms with van der Waals surface area (Å²) in [5.74, 6) is -1.16. The molecule has 1 rings (SSSR count). The average Bonchev–Trinajstić information content (AvgIpc) is 1.85. The largest absolute Gasteiger partial charge is 0.872 e. The van der Waals surface area contributed by atoms with Gasteiger partial charge in [-0.2, -0.15) is 0 Å². The highest BCUT2D eigenvalue weighted by atomic mass is 16.4. The maximum Gasteiger partial charge on any atom is 0.335 e. The molecule has 58 valence electrons. The van der Waals surface area contributed by atoms with Gasteiger partial charge in [-0.15, -0.1) is 5.75 Å². The minimum Gasteiger partial charge on any atom is -0.872 e. The molecule has 0 bridgehead atoms. The van der Waals surface area contributed by atoms with Gasteiger partial charge in [-0.3, -0.25) is 0 Å². The highest BCUT2D eigenvalue weighted by Crippen LogP contribution is 2.12. The molecule has 0 radical (unpaired) electrons. The minimum absolute atomic E-state index is 0.160. The van der Waals surface area contributed by atoms with Gasteiger partial charge in [0.25, 0.3) is 0 Å². The fraction of sp³-hybridized carbons (Fsp3) is 0.125. The number of rotatable bonds is 1. The molecule has 0 aliphatic heterocycles. The van der Waals surface area contributed by atoms with Crippen LogP contribution in [0.4, 0.5) is 0 Å². The summed E-state index contributed by atoms with van der Waals surface area (Å²) in [7, 11) is 0. The second-order valence-corrected chi connectivity index (χ2v) is 2.28. The Bertz CT molecular complexity index is 291. The minimum atomic E-state index is -0.998. The summed E-state index contributed by atoms with van der Waals surface area (Å²) in [4.78, 5) is 10.4. The monoisotopic (exact) mass is 151 g/mol. The molecular formula is C8H7O3-. The first kappa shape index (κ1) is 7.60. The van der Waals surface area contributed by atoms with E-state index in [1.165, 1.54) is 18.2 Å². The van der Waals surface area contributed by atoms with Crippen LogP contribution >= 0.6 is 0 Å². The third-order valence-corrected chi connectivity index (χ3v) is 1.43. The van der Waals surface area contributed by atoms with Crippen molar-refractivity contribution in [2.75, 3.05) is 0 Å². The van der Waals surface area contributed by atoms with Crippen molar-refractivity contribution in [3.8, 4) is 5.75 Å². The Hall–Kier alpha value is -1.51. The summed E-state index contributed by atoms with van der Waals surface area (Å²) in [5.41, 5.74) is 0.689. The van der Waals surface area contributed by atoms with Gasteiger partial charge in [-0.1, -0.05) is 12.1 Å². The quantitative estimate of drug-likeness (QED) is 0.644. The number of hydrogen-bond acceptors (Lipinski definition) is 2. The molecule has 0 aliphatic carbocycles. The van der Waals surface area contributed by atoms with Crippen LogP contribution in [0, 0.1) is 6.92 Å². The zero-order valence-corrected chi connectivity index (χ0v) is 6.00. The smallest absolute Gasteiger partial charge is 0.335 e. The third-order valence-electron chi connectivity index (χ3n) is 1.43. The maximum absolute atomic E-state index is 10.7. The van der Waals surface area contributed by atoms with Crippen molar-refractivity contribution in [1.82, 2.24) is 0 Å². The first-order valence-electron chi connectivity index (χ1n) is 3.12. The van der Waals surface area contributed by atoms with E-state index >= 15 is 0 Å². The third kappa shape index (κ3) is 1.49. The van der Waals surface area contributed by atoms with E-state index in [-0.39, 0.29) is 11.3 Å². The van der Waals surface area contributed by atoms with E-state index < -0.39 is 5.97 Å². The van der Waals surface area contributed by atoms with Gasteiger partial charge < -0.3 is 10.2 Å². The van der Waals surface area contributed by atoms with Crippen LogP contribution in [-0.2, 0) is 0 Å². The van der Waals surface area contributed by atoms with Crippen LogP contribution in [-0.4, -0.2) is 11.1 Å². The predicted molar refractivity (Wildman–Crippen MR) is 37.6 cm³/mol. The van der Waals surface area contributed by atoms with Crippen molar-refractivity contribution in [3.05, 3.63) is 29.3 Å². The Balaban J connectivity index is 3.20. The lowest BCUT2D eigenvalue weighted by Gasteiger charge is -2.07. The topological polar surface area (TPSA) is 60.4 Å². The number of aromatic carboxylic acids is 1. The standard InChI is InChI=1S/C8H8O3/c1-5-4-6(9)2-3-7(5)8(10)11/h2-4,9H,1H3,(H,10,11)/p-1. The zero-order chi connectivity index (χ0) is 8.43. The van der Waals surface area contributed by atoms with Crippen LogP contribution in [0.3, 0.4) is 0 Å². The molecular weight excluding hydrogens is 144 g/mol. The molecule has 0 aromatic heterocycles. The van der Waals surface area contributed by atoms with Crippen LogP contribution < -0.4 is 5.11 Å². The summed E-state index contributed by atoms with van der Waals surface area (Å²) in [6.07, 6.45) is 0. The fourth-order valence-electron chi connectivity index (χ4n) is 0.876. The Kier molecular flexibility index (Phi) is 1.81. The second kappa shape index (κ2) is 2.62. The lowest BCUT2D eigenvalue weighted by Crippen LogP contribution is -2.00. The summed E-state index contributed by atoms with van der Waals surface area (Å²) in [6.45, 7) is 1.60. The molecule has 0 atom stereocenters. The van der Waals surface area contributed by atoms with E-state index in [9.17, 15) is 9.90 Å². The van der Waals surface area contributed by atoms with Crippen molar-refractivity contribution in [1.29, 1.82) is 0 Å². The predicted octanol–water partition coefficient (Wildman–Crippen LogP) is 0.767. The van der Waals surface area contributed by atoms with Gasteiger partial charge in [-0.25, -0.2) is 4.79 Å². The molecule has 0 aliphatic rings. The number of aryl methyl sites for hydroxylation is 1. The number of benzene rings is 1. The summed E-state index contributed by atoms with van der Waals surface area (Å²) in [6, 6.07) is 3.87. The van der Waals surface area contributed by atoms with Crippen molar-refractivity contribution in [2.45, 2.75) is 6.92 Å². The van der Waals surface area contributed by atoms with Crippen molar-refractivity contribution in [3.63, 3.8) is 0 Å². The Morgan fingerprint density at radius 3 is 2.64 bits per heavy atom. The van der Waals surface area contributed by atoms with Gasteiger partial charge >= 0.3 is 5.97 Å². The normalized spacial score (nSPS) is 9.55. The van der Waals surface area contributed by atoms with Crippen molar-refractivity contribution in [2.24, 2.45) is 0 Å². The van der Waals surface area contributed by atoms with Crippen LogP contribution in [0.25, 0.3) is 0 Å². The van der Waals surface area contributed by atoms with Crippen molar-refractivity contribution >= 4 is 5.97 Å². The number of carboxylic acid groups (broad SMARTS) is 1. The molecule has 0 heterocycles. The first-order chi connectivity index (χ1) is 5.11. The highest BCUT2D eigenvalue weighted by molar-refractivity contribution is 5.89. The highest BCUT2D eigenvalue weighted by Gasteiger charge is 2.03. The Labute approximate surface area is 63.9 Å². The van der Waals surface area contributed by atoms with E-state index in [1.54, 1.807) is 6.92 Å². The molecule has 3 nitrogen and oxygen atoms in total. The molecule has 3 heteroatoms. The van der Waals surface area contributed by atoms with Crippen LogP contribution in [0.1, 0.15) is 15.9 Å². The molecule has 0 saturated heterocycles. The van der Waals surface area contributed by atoms with Gasteiger partial charge in [0.2, 0.25) is 0 Å². The number of carbonyl (C=O) groups is 1. The maximum atomic E-state index is 10.7. The van der Waals surface area contributed by atoms with Crippen LogP contribution in [0.5, 0.6) is 5.75 Å². The Morgan fingerprint density at radius 2 is 2.18 bits per heavy atom. The van der Waals surface area contributed by atoms with Crippen LogP contribution in [0.15, 0.2) is 18.2 Å². The molecule has 0 fully saturated rings. The molecule has 0 amide bonds.